The van der Waals surface area contributed by atoms with Crippen LogP contribution < -0.4 is 0 Å². The van der Waals surface area contributed by atoms with Crippen molar-refractivity contribution in [1.82, 2.24) is 0 Å². The molecule has 0 saturated heterocycles. The lowest BCUT2D eigenvalue weighted by Crippen LogP contribution is -2.13. The average Bonchev–Trinajstić information content (AvgIpc) is 2.26. The summed E-state index contributed by atoms with van der Waals surface area (Å²) >= 11 is 5.34. The van der Waals surface area contributed by atoms with E-state index >= 15 is 0 Å². The molecule has 4 nitrogen and oxygen atoms in total. The molecule has 0 spiro atoms. The van der Waals surface area contributed by atoms with Gasteiger partial charge < -0.3 is 0 Å². The summed E-state index contributed by atoms with van der Waals surface area (Å²) in [7, 11) is 0. The third kappa shape index (κ3) is 2.71. The molecule has 0 aliphatic rings. The number of benzene rings is 1. The first kappa shape index (κ1) is 14.3. The molecule has 1 rings (SSSR count). The average molecular weight is 267 g/mol. The summed E-state index contributed by atoms with van der Waals surface area (Å²) in [6, 6.07) is 2.47. The Hall–Kier alpha value is -1.81. The van der Waals surface area contributed by atoms with E-state index in [-0.39, 0.29) is 22.3 Å². The highest BCUT2D eigenvalue weighted by Crippen LogP contribution is 2.21. The van der Waals surface area contributed by atoms with Gasteiger partial charge in [-0.25, -0.2) is 0 Å². The number of hydrogen-bond donors (Lipinski definition) is 0. The third-order valence-electron chi connectivity index (χ3n) is 2.48. The largest absolute Gasteiger partial charge is 0.294 e. The van der Waals surface area contributed by atoms with Crippen molar-refractivity contribution in [1.29, 1.82) is 0 Å². The fraction of sp³-hybridized carbons (Fsp3) is 0.231. The number of halogens is 1. The van der Waals surface area contributed by atoms with Gasteiger partial charge in [0.25, 0.3) is 5.24 Å². The quantitative estimate of drug-likeness (QED) is 0.621. The maximum atomic E-state index is 11.6. The Morgan fingerprint density at radius 1 is 0.833 bits per heavy atom. The minimum Gasteiger partial charge on any atom is -0.294 e. The minimum atomic E-state index is -0.782. The maximum Gasteiger partial charge on any atom is 0.252 e. The monoisotopic (exact) mass is 266 g/mol. The standard InChI is InChI=1S/C13H11ClO4/c1-6(15)10-4-9(13(14)18)5-11(7(2)16)12(10)8(3)17/h4-5H,1-3H3. The second-order valence-electron chi connectivity index (χ2n) is 3.89. The Balaban J connectivity index is 3.76. The van der Waals surface area contributed by atoms with Gasteiger partial charge in [-0.2, -0.15) is 0 Å². The van der Waals surface area contributed by atoms with Crippen LogP contribution in [0.15, 0.2) is 12.1 Å². The lowest BCUT2D eigenvalue weighted by atomic mass is 9.91. The van der Waals surface area contributed by atoms with E-state index in [4.69, 9.17) is 11.6 Å². The van der Waals surface area contributed by atoms with Crippen molar-refractivity contribution >= 4 is 34.2 Å². The Bertz CT molecular complexity index is 537. The molecule has 0 N–H and O–H groups in total. The van der Waals surface area contributed by atoms with Gasteiger partial charge in [-0.3, -0.25) is 19.2 Å². The second kappa shape index (κ2) is 5.23. The molecule has 5 heteroatoms. The smallest absolute Gasteiger partial charge is 0.252 e. The van der Waals surface area contributed by atoms with Gasteiger partial charge >= 0.3 is 0 Å². The van der Waals surface area contributed by atoms with E-state index in [9.17, 15) is 19.2 Å². The van der Waals surface area contributed by atoms with E-state index in [2.05, 4.69) is 0 Å². The van der Waals surface area contributed by atoms with E-state index in [1.54, 1.807) is 0 Å². The fourth-order valence-corrected chi connectivity index (χ4v) is 1.80. The van der Waals surface area contributed by atoms with E-state index in [0.717, 1.165) is 0 Å². The van der Waals surface area contributed by atoms with Crippen molar-refractivity contribution < 1.29 is 19.2 Å². The topological polar surface area (TPSA) is 68.3 Å². The molecule has 1 aromatic rings. The van der Waals surface area contributed by atoms with Crippen LogP contribution in [0.5, 0.6) is 0 Å². The Labute approximate surface area is 109 Å². The molecule has 0 fully saturated rings. The summed E-state index contributed by atoms with van der Waals surface area (Å²) in [5.41, 5.74) is 0.145. The van der Waals surface area contributed by atoms with E-state index < -0.39 is 22.6 Å². The Morgan fingerprint density at radius 2 is 1.22 bits per heavy atom. The summed E-state index contributed by atoms with van der Waals surface area (Å²) < 4.78 is 0. The molecule has 1 aromatic carbocycles. The number of hydrogen-bond acceptors (Lipinski definition) is 4. The Morgan fingerprint density at radius 3 is 1.44 bits per heavy atom. The number of carbonyl (C=O) groups is 4. The molecule has 0 saturated carbocycles. The van der Waals surface area contributed by atoms with Gasteiger partial charge in [-0.1, -0.05) is 0 Å². The summed E-state index contributed by atoms with van der Waals surface area (Å²) in [5, 5.41) is -0.782. The first-order valence-corrected chi connectivity index (χ1v) is 5.54. The summed E-state index contributed by atoms with van der Waals surface area (Å²) in [6.45, 7) is 3.78. The molecule has 0 unspecified atom stereocenters. The normalized spacial score (nSPS) is 10.0. The van der Waals surface area contributed by atoms with Gasteiger partial charge in [0.05, 0.1) is 0 Å². The van der Waals surface area contributed by atoms with Crippen molar-refractivity contribution in [3.05, 3.63) is 34.4 Å². The predicted octanol–water partition coefficient (Wildman–Crippen LogP) is 2.67. The summed E-state index contributed by atoms with van der Waals surface area (Å²) in [6.07, 6.45) is 0. The van der Waals surface area contributed by atoms with Gasteiger partial charge in [0.2, 0.25) is 0 Å². The zero-order chi connectivity index (χ0) is 14.0. The van der Waals surface area contributed by atoms with Crippen molar-refractivity contribution in [2.75, 3.05) is 0 Å². The number of carbonyl (C=O) groups excluding carboxylic acids is 4. The summed E-state index contributed by atoms with van der Waals surface area (Å²) in [5.74, 6) is -1.20. The highest BCUT2D eigenvalue weighted by Gasteiger charge is 2.21. The molecule has 0 aliphatic carbocycles. The lowest BCUT2D eigenvalue weighted by molar-refractivity contribution is 0.0967. The van der Waals surface area contributed by atoms with Crippen molar-refractivity contribution in [2.24, 2.45) is 0 Å². The van der Waals surface area contributed by atoms with Crippen molar-refractivity contribution in [3.63, 3.8) is 0 Å². The van der Waals surface area contributed by atoms with Crippen LogP contribution in [-0.4, -0.2) is 22.6 Å². The minimum absolute atomic E-state index is 0.0251. The number of Topliss-reactive ketones (excluding diaryl/α,β-unsaturated/α-hetero) is 3. The molecular formula is C13H11ClO4. The molecule has 18 heavy (non-hydrogen) atoms. The molecule has 0 amide bonds. The summed E-state index contributed by atoms with van der Waals surface area (Å²) in [4.78, 5) is 45.7. The SMILES string of the molecule is CC(=O)c1cc(C(=O)Cl)cc(C(C)=O)c1C(C)=O. The van der Waals surface area contributed by atoms with Crippen LogP contribution in [0.25, 0.3) is 0 Å². The van der Waals surface area contributed by atoms with Crippen LogP contribution in [0.4, 0.5) is 0 Å². The molecule has 0 atom stereocenters. The predicted molar refractivity (Wildman–Crippen MR) is 66.6 cm³/mol. The molecule has 0 aliphatic heterocycles. The van der Waals surface area contributed by atoms with Gasteiger partial charge in [-0.05, 0) is 44.5 Å². The van der Waals surface area contributed by atoms with Crippen LogP contribution in [-0.2, 0) is 0 Å². The van der Waals surface area contributed by atoms with Crippen LogP contribution in [0.1, 0.15) is 62.2 Å². The first-order valence-electron chi connectivity index (χ1n) is 5.16. The van der Waals surface area contributed by atoms with E-state index in [1.807, 2.05) is 0 Å². The maximum absolute atomic E-state index is 11.6. The second-order valence-corrected chi connectivity index (χ2v) is 4.23. The molecule has 94 valence electrons. The van der Waals surface area contributed by atoms with E-state index in [0.29, 0.717) is 0 Å². The van der Waals surface area contributed by atoms with Crippen molar-refractivity contribution in [3.8, 4) is 0 Å². The third-order valence-corrected chi connectivity index (χ3v) is 2.69. The Kier molecular flexibility index (Phi) is 4.14. The number of rotatable bonds is 4. The zero-order valence-electron chi connectivity index (χ0n) is 10.2. The van der Waals surface area contributed by atoms with Crippen LogP contribution in [0.3, 0.4) is 0 Å². The molecule has 0 radical (unpaired) electrons. The molecule has 0 heterocycles. The molecule has 0 aromatic heterocycles. The lowest BCUT2D eigenvalue weighted by Gasteiger charge is -2.10. The molecular weight excluding hydrogens is 256 g/mol. The first-order chi connectivity index (χ1) is 8.25. The zero-order valence-corrected chi connectivity index (χ0v) is 10.9. The number of ketones is 3. The molecule has 0 bridgehead atoms. The van der Waals surface area contributed by atoms with E-state index in [1.165, 1.54) is 32.9 Å². The van der Waals surface area contributed by atoms with Crippen LogP contribution in [0.2, 0.25) is 0 Å². The van der Waals surface area contributed by atoms with Gasteiger partial charge in [0, 0.05) is 22.3 Å². The highest BCUT2D eigenvalue weighted by atomic mass is 35.5. The van der Waals surface area contributed by atoms with Crippen molar-refractivity contribution in [2.45, 2.75) is 20.8 Å². The van der Waals surface area contributed by atoms with Gasteiger partial charge in [0.1, 0.15) is 0 Å². The van der Waals surface area contributed by atoms with Crippen LogP contribution in [0, 0.1) is 0 Å². The highest BCUT2D eigenvalue weighted by molar-refractivity contribution is 6.67. The van der Waals surface area contributed by atoms with Crippen LogP contribution >= 0.6 is 11.6 Å². The van der Waals surface area contributed by atoms with Gasteiger partial charge in [0.15, 0.2) is 17.3 Å². The fourth-order valence-electron chi connectivity index (χ4n) is 1.69. The van der Waals surface area contributed by atoms with Gasteiger partial charge in [-0.15, -0.1) is 0 Å².